The van der Waals surface area contributed by atoms with Gasteiger partial charge in [-0.15, -0.1) is 0 Å². The first-order valence-electron chi connectivity index (χ1n) is 19.1. The first kappa shape index (κ1) is 32.7. The highest BCUT2D eigenvalue weighted by atomic mass is 16.5. The van der Waals surface area contributed by atoms with E-state index in [1.807, 2.05) is 42.6 Å². The Morgan fingerprint density at radius 3 is 1.72 bits per heavy atom. The van der Waals surface area contributed by atoms with Crippen molar-refractivity contribution in [2.45, 2.75) is 0 Å². The zero-order chi connectivity index (χ0) is 37.7. The summed E-state index contributed by atoms with van der Waals surface area (Å²) in [6.07, 6.45) is 3.66. The molecule has 0 aliphatic rings. The van der Waals surface area contributed by atoms with Gasteiger partial charge in [0.05, 0.1) is 22.1 Å². The van der Waals surface area contributed by atoms with Crippen molar-refractivity contribution in [3.05, 3.63) is 207 Å². The molecular weight excluding hydrogens is 697 g/mol. The maximum atomic E-state index is 6.28. The first-order chi connectivity index (χ1) is 28.2. The predicted molar refractivity (Wildman–Crippen MR) is 234 cm³/mol. The van der Waals surface area contributed by atoms with Gasteiger partial charge in [-0.1, -0.05) is 127 Å². The van der Waals surface area contributed by atoms with Crippen LogP contribution in [0.15, 0.2) is 207 Å². The van der Waals surface area contributed by atoms with Crippen LogP contribution >= 0.6 is 0 Å². The van der Waals surface area contributed by atoms with Crippen LogP contribution in [0.5, 0.6) is 11.6 Å². The summed E-state index contributed by atoms with van der Waals surface area (Å²) in [5.74, 6) is 2.14. The van der Waals surface area contributed by atoms with Gasteiger partial charge in [0.15, 0.2) is 0 Å². The Morgan fingerprint density at radius 2 is 0.947 bits per heavy atom. The molecule has 57 heavy (non-hydrogen) atoms. The van der Waals surface area contributed by atoms with Crippen LogP contribution in [0.4, 0.5) is 0 Å². The summed E-state index contributed by atoms with van der Waals surface area (Å²) >= 11 is 0. The zero-order valence-electron chi connectivity index (χ0n) is 30.8. The molecule has 0 aliphatic heterocycles. The van der Waals surface area contributed by atoms with Gasteiger partial charge in [0.1, 0.15) is 11.6 Å². The van der Waals surface area contributed by atoms with Crippen LogP contribution in [0.2, 0.25) is 0 Å². The Hall–Kier alpha value is -7.76. The molecule has 0 aliphatic carbocycles. The van der Waals surface area contributed by atoms with E-state index < -0.39 is 0 Å². The Balaban J connectivity index is 1.15. The summed E-state index contributed by atoms with van der Waals surface area (Å²) in [6, 6.07) is 68.3. The Labute approximate surface area is 329 Å². The van der Waals surface area contributed by atoms with Gasteiger partial charge < -0.3 is 9.30 Å². The Morgan fingerprint density at radius 1 is 0.333 bits per heavy atom. The third kappa shape index (κ3) is 5.72. The molecule has 0 saturated heterocycles. The third-order valence-corrected chi connectivity index (χ3v) is 10.9. The highest BCUT2D eigenvalue weighted by Crippen LogP contribution is 2.41. The van der Waals surface area contributed by atoms with Gasteiger partial charge in [0.25, 0.3) is 0 Å². The van der Waals surface area contributed by atoms with Gasteiger partial charge in [-0.25, -0.2) is 9.97 Å². The van der Waals surface area contributed by atoms with Gasteiger partial charge in [-0.2, -0.15) is 0 Å². The van der Waals surface area contributed by atoms with E-state index in [-0.39, 0.29) is 0 Å². The molecule has 4 aromatic heterocycles. The quantitative estimate of drug-likeness (QED) is 0.164. The van der Waals surface area contributed by atoms with Crippen LogP contribution in [-0.2, 0) is 0 Å². The monoisotopic (exact) mass is 730 g/mol. The number of ether oxygens (including phenoxy) is 1. The minimum Gasteiger partial charge on any atom is -0.439 e. The minimum atomic E-state index is 0.551. The molecule has 0 bridgehead atoms. The van der Waals surface area contributed by atoms with E-state index in [1.165, 1.54) is 32.7 Å². The molecule has 0 unspecified atom stereocenters. The van der Waals surface area contributed by atoms with E-state index in [0.717, 1.165) is 55.8 Å². The lowest BCUT2D eigenvalue weighted by molar-refractivity contribution is 0.463. The summed E-state index contributed by atoms with van der Waals surface area (Å²) in [5, 5.41) is 4.71. The zero-order valence-corrected chi connectivity index (χ0v) is 30.8. The van der Waals surface area contributed by atoms with Crippen molar-refractivity contribution in [1.82, 2.24) is 19.1 Å². The lowest BCUT2D eigenvalue weighted by atomic mass is 9.99. The molecule has 5 nitrogen and oxygen atoms in total. The molecule has 0 spiro atoms. The van der Waals surface area contributed by atoms with Crippen LogP contribution < -0.4 is 4.74 Å². The molecule has 0 fully saturated rings. The van der Waals surface area contributed by atoms with E-state index in [1.54, 1.807) is 6.20 Å². The van der Waals surface area contributed by atoms with Crippen molar-refractivity contribution in [3.63, 3.8) is 0 Å². The highest BCUT2D eigenvalue weighted by molar-refractivity contribution is 6.19. The topological polar surface area (TPSA) is 44.9 Å². The molecule has 0 atom stereocenters. The second-order valence-electron chi connectivity index (χ2n) is 14.3. The fraction of sp³-hybridized carbons (Fsp3) is 0. The van der Waals surface area contributed by atoms with Gasteiger partial charge in [-0.3, -0.25) is 4.57 Å². The standard InChI is InChI=1S/C52H34N4O/c1-3-12-35(13-4-1)37-21-23-38(24-22-37)39-25-26-44-46-33-45-43-18-7-8-19-47(43)56(51-31-40(27-29-53-51)36-14-5-2-6-15-36)50(45)34-49(46)55(48(44)30-39)41-16-11-17-42(32-41)57-52-20-9-10-28-54-52/h1-34H. The average molecular weight is 731 g/mol. The van der Waals surface area contributed by atoms with Crippen molar-refractivity contribution in [3.8, 4) is 56.5 Å². The molecule has 268 valence electrons. The van der Waals surface area contributed by atoms with Crippen molar-refractivity contribution in [1.29, 1.82) is 0 Å². The fourth-order valence-electron chi connectivity index (χ4n) is 8.23. The number of hydrogen-bond donors (Lipinski definition) is 0. The SMILES string of the molecule is c1ccc(-c2ccc(-c3ccc4c5cc6c7ccccc7n(-c7cc(-c8ccccc8)ccn7)c6cc5n(-c5cccc(Oc6ccccn6)c5)c4c3)cc2)cc1. The maximum Gasteiger partial charge on any atom is 0.219 e. The van der Waals surface area contributed by atoms with Gasteiger partial charge in [0.2, 0.25) is 5.88 Å². The lowest BCUT2D eigenvalue weighted by Gasteiger charge is -2.12. The number of fused-ring (bicyclic) bond motifs is 6. The number of nitrogens with zero attached hydrogens (tertiary/aromatic N) is 4. The minimum absolute atomic E-state index is 0.551. The van der Waals surface area contributed by atoms with Crippen molar-refractivity contribution < 1.29 is 4.74 Å². The predicted octanol–water partition coefficient (Wildman–Crippen LogP) is 13.5. The summed E-state index contributed by atoms with van der Waals surface area (Å²) in [5.41, 5.74) is 12.4. The van der Waals surface area contributed by atoms with E-state index in [4.69, 9.17) is 9.72 Å². The van der Waals surface area contributed by atoms with Crippen LogP contribution in [0.3, 0.4) is 0 Å². The van der Waals surface area contributed by atoms with Gasteiger partial charge in [0, 0.05) is 51.8 Å². The molecule has 0 radical (unpaired) electrons. The molecule has 11 aromatic rings. The number of pyridine rings is 2. The second-order valence-corrected chi connectivity index (χ2v) is 14.3. The van der Waals surface area contributed by atoms with E-state index >= 15 is 0 Å². The summed E-state index contributed by atoms with van der Waals surface area (Å²) in [6.45, 7) is 0. The molecule has 0 amide bonds. The Bertz CT molecular complexity index is 3240. The molecule has 0 N–H and O–H groups in total. The average Bonchev–Trinajstić information content (AvgIpc) is 3.78. The number of rotatable bonds is 7. The van der Waals surface area contributed by atoms with Crippen molar-refractivity contribution >= 4 is 43.6 Å². The van der Waals surface area contributed by atoms with E-state index in [0.29, 0.717) is 11.6 Å². The summed E-state index contributed by atoms with van der Waals surface area (Å²) in [7, 11) is 0. The van der Waals surface area contributed by atoms with Crippen molar-refractivity contribution in [2.24, 2.45) is 0 Å². The number of para-hydroxylation sites is 1. The van der Waals surface area contributed by atoms with Gasteiger partial charge in [-0.05, 0) is 88.0 Å². The molecule has 0 saturated carbocycles. The molecule has 7 aromatic carbocycles. The van der Waals surface area contributed by atoms with Crippen LogP contribution in [-0.4, -0.2) is 19.1 Å². The third-order valence-electron chi connectivity index (χ3n) is 10.9. The largest absolute Gasteiger partial charge is 0.439 e. The number of aromatic nitrogens is 4. The molecular formula is C52H34N4O. The fourth-order valence-corrected chi connectivity index (χ4v) is 8.23. The van der Waals surface area contributed by atoms with Crippen LogP contribution in [0.1, 0.15) is 0 Å². The van der Waals surface area contributed by atoms with E-state index in [2.05, 4.69) is 172 Å². The number of hydrogen-bond acceptors (Lipinski definition) is 3. The molecule has 11 rings (SSSR count). The van der Waals surface area contributed by atoms with Crippen LogP contribution in [0.25, 0.3) is 88.5 Å². The second kappa shape index (κ2) is 13.5. The number of benzene rings is 7. The molecule has 4 heterocycles. The summed E-state index contributed by atoms with van der Waals surface area (Å²) < 4.78 is 11.0. The van der Waals surface area contributed by atoms with Crippen molar-refractivity contribution in [2.75, 3.05) is 0 Å². The normalized spacial score (nSPS) is 11.5. The highest BCUT2D eigenvalue weighted by Gasteiger charge is 2.20. The first-order valence-corrected chi connectivity index (χ1v) is 19.1. The lowest BCUT2D eigenvalue weighted by Crippen LogP contribution is -1.98. The molecule has 5 heteroatoms. The smallest absolute Gasteiger partial charge is 0.219 e. The van der Waals surface area contributed by atoms with E-state index in [9.17, 15) is 0 Å². The van der Waals surface area contributed by atoms with Crippen LogP contribution in [0, 0.1) is 0 Å². The Kier molecular flexibility index (Phi) is 7.74. The van der Waals surface area contributed by atoms with Gasteiger partial charge >= 0.3 is 0 Å². The summed E-state index contributed by atoms with van der Waals surface area (Å²) in [4.78, 5) is 9.38. The maximum absolute atomic E-state index is 6.28.